The Labute approximate surface area is 105 Å². The Hall–Kier alpha value is -1.41. The van der Waals surface area contributed by atoms with Crippen molar-refractivity contribution in [2.24, 2.45) is 11.8 Å². The minimum atomic E-state index is -3.54. The second-order valence-corrected chi connectivity index (χ2v) is 6.47. The molecule has 0 saturated carbocycles. The van der Waals surface area contributed by atoms with E-state index < -0.39 is 21.9 Å². The molecule has 1 aromatic rings. The molecule has 0 amide bonds. The van der Waals surface area contributed by atoms with Gasteiger partial charge in [-0.1, -0.05) is 6.92 Å². The Balaban J connectivity index is 2.09. The Morgan fingerprint density at radius 1 is 1.61 bits per heavy atom. The number of aromatic amines is 1. The molecule has 0 aliphatic carbocycles. The highest BCUT2D eigenvalue weighted by molar-refractivity contribution is 7.89. The molecule has 7 nitrogen and oxygen atoms in total. The molecule has 1 fully saturated rings. The maximum absolute atomic E-state index is 12.2. The second-order valence-electron chi connectivity index (χ2n) is 4.57. The van der Waals surface area contributed by atoms with E-state index in [2.05, 4.69) is 10.2 Å². The molecule has 0 spiro atoms. The fourth-order valence-electron chi connectivity index (χ4n) is 1.92. The third-order valence-electron chi connectivity index (χ3n) is 3.37. The molecule has 1 saturated heterocycles. The molecule has 2 N–H and O–H groups in total. The number of hydrogen-bond donors (Lipinski definition) is 2. The molecule has 100 valence electrons. The van der Waals surface area contributed by atoms with Crippen LogP contribution in [0.3, 0.4) is 0 Å². The first-order valence-corrected chi connectivity index (χ1v) is 7.01. The third-order valence-corrected chi connectivity index (χ3v) is 5.32. The number of rotatable bonds is 4. The van der Waals surface area contributed by atoms with Gasteiger partial charge in [-0.15, -0.1) is 0 Å². The van der Waals surface area contributed by atoms with E-state index >= 15 is 0 Å². The topological polar surface area (TPSA) is 103 Å². The number of aryl methyl sites for hydroxylation is 1. The van der Waals surface area contributed by atoms with Gasteiger partial charge in [-0.05, 0) is 12.8 Å². The number of carboxylic acid groups (broad SMARTS) is 1. The summed E-state index contributed by atoms with van der Waals surface area (Å²) < 4.78 is 25.6. The van der Waals surface area contributed by atoms with Crippen molar-refractivity contribution in [1.29, 1.82) is 0 Å². The van der Waals surface area contributed by atoms with E-state index in [0.717, 1.165) is 0 Å². The molecular formula is C10H15N3O4S. The predicted molar refractivity (Wildman–Crippen MR) is 62.4 cm³/mol. The van der Waals surface area contributed by atoms with E-state index in [0.29, 0.717) is 5.69 Å². The van der Waals surface area contributed by atoms with Crippen LogP contribution < -0.4 is 0 Å². The maximum Gasteiger partial charge on any atom is 0.306 e. The van der Waals surface area contributed by atoms with E-state index in [-0.39, 0.29) is 23.9 Å². The summed E-state index contributed by atoms with van der Waals surface area (Å²) in [5.74, 6) is -1.54. The third kappa shape index (κ3) is 2.01. The summed E-state index contributed by atoms with van der Waals surface area (Å²) >= 11 is 0. The van der Waals surface area contributed by atoms with Crippen molar-refractivity contribution in [3.8, 4) is 0 Å². The van der Waals surface area contributed by atoms with Gasteiger partial charge in [-0.2, -0.15) is 9.40 Å². The average Bonchev–Trinajstić information content (AvgIpc) is 2.61. The monoisotopic (exact) mass is 273 g/mol. The van der Waals surface area contributed by atoms with Crippen LogP contribution >= 0.6 is 0 Å². The molecule has 1 atom stereocenters. The van der Waals surface area contributed by atoms with Crippen LogP contribution in [0.2, 0.25) is 0 Å². The predicted octanol–water partition coefficient (Wildman–Crippen LogP) is 0.0593. The van der Waals surface area contributed by atoms with Crippen molar-refractivity contribution >= 4 is 16.0 Å². The van der Waals surface area contributed by atoms with Crippen LogP contribution in [0.4, 0.5) is 0 Å². The van der Waals surface area contributed by atoms with Gasteiger partial charge in [0.1, 0.15) is 4.90 Å². The number of aromatic nitrogens is 2. The number of carbonyl (C=O) groups is 1. The largest absolute Gasteiger partial charge is 0.481 e. The van der Waals surface area contributed by atoms with Gasteiger partial charge in [0.05, 0.1) is 17.8 Å². The summed E-state index contributed by atoms with van der Waals surface area (Å²) in [7, 11) is -3.54. The highest BCUT2D eigenvalue weighted by Crippen LogP contribution is 2.30. The molecule has 1 aliphatic rings. The normalized spacial score (nSPS) is 19.4. The van der Waals surface area contributed by atoms with Crippen molar-refractivity contribution in [2.45, 2.75) is 18.7 Å². The van der Waals surface area contributed by atoms with E-state index in [1.165, 1.54) is 10.5 Å². The smallest absolute Gasteiger partial charge is 0.306 e. The molecule has 1 aromatic heterocycles. The van der Waals surface area contributed by atoms with Crippen LogP contribution in [0.5, 0.6) is 0 Å². The van der Waals surface area contributed by atoms with E-state index in [1.54, 1.807) is 13.8 Å². The van der Waals surface area contributed by atoms with Gasteiger partial charge in [-0.25, -0.2) is 8.42 Å². The quantitative estimate of drug-likeness (QED) is 0.807. The van der Waals surface area contributed by atoms with Crippen molar-refractivity contribution in [3.63, 3.8) is 0 Å². The first-order chi connectivity index (χ1) is 8.34. The molecule has 0 radical (unpaired) electrons. The summed E-state index contributed by atoms with van der Waals surface area (Å²) in [5, 5.41) is 15.1. The summed E-state index contributed by atoms with van der Waals surface area (Å²) in [6.07, 6.45) is 1.28. The number of nitrogens with one attached hydrogen (secondary N) is 1. The molecule has 2 heterocycles. The first kappa shape index (κ1) is 13.0. The van der Waals surface area contributed by atoms with Crippen molar-refractivity contribution in [1.82, 2.24) is 14.5 Å². The molecule has 2 rings (SSSR count). The Morgan fingerprint density at radius 3 is 2.67 bits per heavy atom. The Morgan fingerprint density at radius 2 is 2.22 bits per heavy atom. The Kier molecular flexibility index (Phi) is 3.16. The van der Waals surface area contributed by atoms with Crippen LogP contribution in [0.25, 0.3) is 0 Å². The summed E-state index contributed by atoms with van der Waals surface area (Å²) in [4.78, 5) is 10.9. The summed E-state index contributed by atoms with van der Waals surface area (Å²) in [5.41, 5.74) is 0.490. The van der Waals surface area contributed by atoms with Gasteiger partial charge in [0, 0.05) is 13.1 Å². The number of sulfonamides is 1. The zero-order chi connectivity index (χ0) is 13.5. The molecule has 1 unspecified atom stereocenters. The van der Waals surface area contributed by atoms with Crippen LogP contribution in [-0.4, -0.2) is 47.1 Å². The zero-order valence-electron chi connectivity index (χ0n) is 10.1. The van der Waals surface area contributed by atoms with Crippen LogP contribution in [0.15, 0.2) is 11.1 Å². The van der Waals surface area contributed by atoms with Gasteiger partial charge < -0.3 is 5.11 Å². The lowest BCUT2D eigenvalue weighted by Crippen LogP contribution is -2.53. The van der Waals surface area contributed by atoms with Gasteiger partial charge >= 0.3 is 5.97 Å². The second kappa shape index (κ2) is 4.36. The molecule has 1 aliphatic heterocycles. The highest BCUT2D eigenvalue weighted by atomic mass is 32.2. The fourth-order valence-corrected chi connectivity index (χ4v) is 3.59. The molecule has 0 aromatic carbocycles. The first-order valence-electron chi connectivity index (χ1n) is 5.57. The van der Waals surface area contributed by atoms with E-state index in [9.17, 15) is 13.2 Å². The van der Waals surface area contributed by atoms with Gasteiger partial charge in [0.25, 0.3) is 0 Å². The number of H-pyrrole nitrogens is 1. The molecule has 0 bridgehead atoms. The minimum absolute atomic E-state index is 0.121. The van der Waals surface area contributed by atoms with E-state index in [1.807, 2.05) is 0 Å². The van der Waals surface area contributed by atoms with Gasteiger partial charge in [0.2, 0.25) is 10.0 Å². The summed E-state index contributed by atoms with van der Waals surface area (Å²) in [6.45, 7) is 3.73. The summed E-state index contributed by atoms with van der Waals surface area (Å²) in [6, 6.07) is 0. The number of carboxylic acids is 1. The lowest BCUT2D eigenvalue weighted by molar-refractivity contribution is -0.144. The minimum Gasteiger partial charge on any atom is -0.481 e. The maximum atomic E-state index is 12.2. The standard InChI is InChI=1S/C10H15N3O4S/c1-6(10(14)15)8-4-13(5-8)18(16,17)9-3-11-12-7(9)2/h3,6,8H,4-5H2,1-2H3,(H,11,12)(H,14,15). The SMILES string of the molecule is Cc1[nH]ncc1S(=O)(=O)N1CC(C(C)C(=O)O)C1. The van der Waals surface area contributed by atoms with Crippen LogP contribution in [-0.2, 0) is 14.8 Å². The van der Waals surface area contributed by atoms with Gasteiger partial charge in [0.15, 0.2) is 0 Å². The number of aliphatic carboxylic acids is 1. The number of nitrogens with zero attached hydrogens (tertiary/aromatic N) is 2. The fraction of sp³-hybridized carbons (Fsp3) is 0.600. The van der Waals surface area contributed by atoms with Gasteiger partial charge in [-0.3, -0.25) is 9.89 Å². The molecular weight excluding hydrogens is 258 g/mol. The lowest BCUT2D eigenvalue weighted by Gasteiger charge is -2.39. The molecule has 8 heteroatoms. The molecule has 18 heavy (non-hydrogen) atoms. The van der Waals surface area contributed by atoms with Crippen LogP contribution in [0, 0.1) is 18.8 Å². The van der Waals surface area contributed by atoms with Crippen LogP contribution in [0.1, 0.15) is 12.6 Å². The van der Waals surface area contributed by atoms with E-state index in [4.69, 9.17) is 5.11 Å². The average molecular weight is 273 g/mol. The lowest BCUT2D eigenvalue weighted by atomic mass is 9.89. The van der Waals surface area contributed by atoms with Crippen molar-refractivity contribution in [3.05, 3.63) is 11.9 Å². The van der Waals surface area contributed by atoms with Crippen molar-refractivity contribution < 1.29 is 18.3 Å². The Bertz CT molecular complexity index is 559. The highest BCUT2D eigenvalue weighted by Gasteiger charge is 2.42. The zero-order valence-corrected chi connectivity index (χ0v) is 10.9. The number of hydrogen-bond acceptors (Lipinski definition) is 4. The van der Waals surface area contributed by atoms with Crippen molar-refractivity contribution in [2.75, 3.05) is 13.1 Å².